The molecule has 2 aromatic carbocycles. The van der Waals surface area contributed by atoms with Crippen LogP contribution in [0.5, 0.6) is 0 Å². The van der Waals surface area contributed by atoms with Crippen LogP contribution in [0.25, 0.3) is 0 Å². The van der Waals surface area contributed by atoms with Crippen molar-refractivity contribution in [1.82, 2.24) is 0 Å². The van der Waals surface area contributed by atoms with E-state index in [1.54, 1.807) is 12.1 Å². The lowest BCUT2D eigenvalue weighted by Crippen LogP contribution is -2.35. The Hall–Kier alpha value is -1.38. The van der Waals surface area contributed by atoms with Crippen LogP contribution in [-0.4, -0.2) is 0 Å². The lowest BCUT2D eigenvalue weighted by molar-refractivity contribution is 0.490. The summed E-state index contributed by atoms with van der Waals surface area (Å²) < 4.78 is 13.1. The Bertz CT molecular complexity index is 593. The van der Waals surface area contributed by atoms with Crippen LogP contribution in [0.15, 0.2) is 42.5 Å². The summed E-state index contributed by atoms with van der Waals surface area (Å²) in [6.45, 7) is 4.01. The number of aryl methyl sites for hydroxylation is 1. The summed E-state index contributed by atoms with van der Waals surface area (Å²) in [5.74, 6) is -0.403. The quantitative estimate of drug-likeness (QED) is 0.894. The van der Waals surface area contributed by atoms with E-state index in [0.717, 1.165) is 11.1 Å². The molecule has 0 saturated carbocycles. The van der Waals surface area contributed by atoms with Crippen molar-refractivity contribution in [2.24, 2.45) is 5.73 Å². The first-order chi connectivity index (χ1) is 8.88. The van der Waals surface area contributed by atoms with E-state index in [4.69, 9.17) is 17.3 Å². The Kier molecular flexibility index (Phi) is 3.93. The Morgan fingerprint density at radius 3 is 2.58 bits per heavy atom. The maximum atomic E-state index is 13.1. The van der Waals surface area contributed by atoms with Crippen molar-refractivity contribution in [3.63, 3.8) is 0 Å². The molecule has 1 nitrogen and oxygen atoms in total. The second-order valence-electron chi connectivity index (χ2n) is 5.21. The molecule has 2 rings (SSSR count). The van der Waals surface area contributed by atoms with Crippen LogP contribution < -0.4 is 5.73 Å². The molecule has 2 aromatic rings. The minimum absolute atomic E-state index is 0.137. The van der Waals surface area contributed by atoms with E-state index in [1.165, 1.54) is 11.6 Å². The summed E-state index contributed by atoms with van der Waals surface area (Å²) in [5, 5.41) is 0.137. The van der Waals surface area contributed by atoms with Gasteiger partial charge in [-0.3, -0.25) is 0 Å². The van der Waals surface area contributed by atoms with Crippen LogP contribution in [0.1, 0.15) is 23.6 Å². The van der Waals surface area contributed by atoms with Crippen LogP contribution in [-0.2, 0) is 12.0 Å². The van der Waals surface area contributed by atoms with E-state index in [2.05, 4.69) is 6.07 Å². The molecule has 0 heterocycles. The van der Waals surface area contributed by atoms with Crippen molar-refractivity contribution in [2.75, 3.05) is 0 Å². The van der Waals surface area contributed by atoms with Gasteiger partial charge in [0.05, 0.1) is 5.02 Å². The fraction of sp³-hybridized carbons (Fsp3) is 0.250. The molecule has 19 heavy (non-hydrogen) atoms. The van der Waals surface area contributed by atoms with E-state index < -0.39 is 11.4 Å². The number of nitrogens with two attached hydrogens (primary N) is 1. The van der Waals surface area contributed by atoms with Crippen LogP contribution in [0, 0.1) is 12.7 Å². The molecule has 2 N–H and O–H groups in total. The van der Waals surface area contributed by atoms with Crippen molar-refractivity contribution in [1.29, 1.82) is 0 Å². The fourth-order valence-corrected chi connectivity index (χ4v) is 2.38. The van der Waals surface area contributed by atoms with E-state index in [0.29, 0.717) is 6.42 Å². The topological polar surface area (TPSA) is 26.0 Å². The number of rotatable bonds is 3. The maximum absolute atomic E-state index is 13.1. The Morgan fingerprint density at radius 2 is 1.95 bits per heavy atom. The molecular formula is C16H17ClFN. The van der Waals surface area contributed by atoms with Crippen molar-refractivity contribution in [2.45, 2.75) is 25.8 Å². The molecule has 3 heteroatoms. The molecule has 0 aromatic heterocycles. The normalized spacial score (nSPS) is 14.2. The van der Waals surface area contributed by atoms with Crippen LogP contribution in [0.3, 0.4) is 0 Å². The molecule has 0 spiro atoms. The van der Waals surface area contributed by atoms with E-state index >= 15 is 0 Å². The number of halogens is 2. The second-order valence-corrected chi connectivity index (χ2v) is 5.62. The zero-order valence-corrected chi connectivity index (χ0v) is 11.8. The predicted octanol–water partition coefficient (Wildman–Crippen LogP) is 4.20. The lowest BCUT2D eigenvalue weighted by atomic mass is 9.86. The zero-order chi connectivity index (χ0) is 14.0. The van der Waals surface area contributed by atoms with E-state index in [9.17, 15) is 4.39 Å². The molecule has 0 radical (unpaired) electrons. The third kappa shape index (κ3) is 3.34. The third-order valence-corrected chi connectivity index (χ3v) is 3.52. The van der Waals surface area contributed by atoms with Gasteiger partial charge in [-0.2, -0.15) is 0 Å². The van der Waals surface area contributed by atoms with Crippen molar-refractivity contribution in [3.8, 4) is 0 Å². The van der Waals surface area contributed by atoms with Gasteiger partial charge in [-0.1, -0.05) is 47.5 Å². The average Bonchev–Trinajstić information content (AvgIpc) is 2.33. The highest BCUT2D eigenvalue weighted by atomic mass is 35.5. The minimum Gasteiger partial charge on any atom is -0.321 e. The van der Waals surface area contributed by atoms with Crippen molar-refractivity contribution < 1.29 is 4.39 Å². The first kappa shape index (κ1) is 14.0. The molecule has 1 unspecified atom stereocenters. The second kappa shape index (κ2) is 5.32. The van der Waals surface area contributed by atoms with E-state index in [1.807, 2.05) is 32.0 Å². The Morgan fingerprint density at radius 1 is 1.21 bits per heavy atom. The molecule has 0 aliphatic heterocycles. The molecule has 1 atom stereocenters. The highest BCUT2D eigenvalue weighted by Gasteiger charge is 2.22. The number of hydrogen-bond acceptors (Lipinski definition) is 1. The Balaban J connectivity index is 2.27. The van der Waals surface area contributed by atoms with Gasteiger partial charge in [0.25, 0.3) is 0 Å². The summed E-state index contributed by atoms with van der Waals surface area (Å²) in [7, 11) is 0. The zero-order valence-electron chi connectivity index (χ0n) is 11.1. The molecule has 0 amide bonds. The summed E-state index contributed by atoms with van der Waals surface area (Å²) in [6, 6.07) is 12.9. The molecule has 0 bridgehead atoms. The van der Waals surface area contributed by atoms with Crippen molar-refractivity contribution >= 4 is 11.6 Å². The minimum atomic E-state index is -0.507. The lowest BCUT2D eigenvalue weighted by Gasteiger charge is -2.26. The van der Waals surface area contributed by atoms with Gasteiger partial charge >= 0.3 is 0 Å². The molecule has 0 aliphatic rings. The maximum Gasteiger partial charge on any atom is 0.141 e. The third-order valence-electron chi connectivity index (χ3n) is 3.23. The molecule has 0 saturated heterocycles. The van der Waals surface area contributed by atoms with Gasteiger partial charge in [0.2, 0.25) is 0 Å². The first-order valence-electron chi connectivity index (χ1n) is 6.18. The van der Waals surface area contributed by atoms with Crippen LogP contribution in [0.2, 0.25) is 5.02 Å². The molecule has 100 valence electrons. The summed E-state index contributed by atoms with van der Waals surface area (Å²) in [6.07, 6.45) is 0.608. The summed E-state index contributed by atoms with van der Waals surface area (Å²) in [5.41, 5.74) is 9.05. The van der Waals surface area contributed by atoms with Crippen LogP contribution in [0.4, 0.5) is 4.39 Å². The predicted molar refractivity (Wildman–Crippen MR) is 77.8 cm³/mol. The van der Waals surface area contributed by atoms with Gasteiger partial charge in [0.15, 0.2) is 0 Å². The van der Waals surface area contributed by atoms with Gasteiger partial charge in [0.1, 0.15) is 5.82 Å². The highest BCUT2D eigenvalue weighted by molar-refractivity contribution is 6.30. The molecular weight excluding hydrogens is 261 g/mol. The van der Waals surface area contributed by atoms with Gasteiger partial charge < -0.3 is 5.73 Å². The molecule has 0 aliphatic carbocycles. The van der Waals surface area contributed by atoms with Gasteiger partial charge in [-0.15, -0.1) is 0 Å². The standard InChI is InChI=1S/C16H17ClFN/c1-11-4-3-5-13(8-11)16(2,19)10-12-6-7-15(18)14(17)9-12/h3-9H,10,19H2,1-2H3. The van der Waals surface area contributed by atoms with Crippen molar-refractivity contribution in [3.05, 3.63) is 70.0 Å². The fourth-order valence-electron chi connectivity index (χ4n) is 2.18. The highest BCUT2D eigenvalue weighted by Crippen LogP contribution is 2.25. The smallest absolute Gasteiger partial charge is 0.141 e. The average molecular weight is 278 g/mol. The first-order valence-corrected chi connectivity index (χ1v) is 6.56. The van der Waals surface area contributed by atoms with Gasteiger partial charge in [0, 0.05) is 5.54 Å². The van der Waals surface area contributed by atoms with Crippen LogP contribution >= 0.6 is 11.6 Å². The largest absolute Gasteiger partial charge is 0.321 e. The Labute approximate surface area is 118 Å². The van der Waals surface area contributed by atoms with Gasteiger partial charge in [-0.05, 0) is 43.5 Å². The van der Waals surface area contributed by atoms with Gasteiger partial charge in [-0.25, -0.2) is 4.39 Å². The number of hydrogen-bond donors (Lipinski definition) is 1. The summed E-state index contributed by atoms with van der Waals surface area (Å²) >= 11 is 5.80. The SMILES string of the molecule is Cc1cccc(C(C)(N)Cc2ccc(F)c(Cl)c2)c1. The van der Waals surface area contributed by atoms with E-state index in [-0.39, 0.29) is 5.02 Å². The monoisotopic (exact) mass is 277 g/mol. The summed E-state index contributed by atoms with van der Waals surface area (Å²) in [4.78, 5) is 0. The number of benzene rings is 2. The molecule has 0 fully saturated rings.